The van der Waals surface area contributed by atoms with Gasteiger partial charge in [0.05, 0.1) is 0 Å². The summed E-state index contributed by atoms with van der Waals surface area (Å²) in [4.78, 5) is 2.56. The highest BCUT2D eigenvalue weighted by molar-refractivity contribution is 5.21. The molecule has 0 amide bonds. The summed E-state index contributed by atoms with van der Waals surface area (Å²) < 4.78 is 18.7. The van der Waals surface area contributed by atoms with Gasteiger partial charge in [0.1, 0.15) is 5.82 Å². The smallest absolute Gasteiger partial charge is 0.123 e. The molecule has 1 atom stereocenters. The molecule has 0 radical (unpaired) electrons. The van der Waals surface area contributed by atoms with E-state index in [1.165, 1.54) is 5.56 Å². The number of rotatable bonds is 3. The zero-order valence-electron chi connectivity index (χ0n) is 11.9. The van der Waals surface area contributed by atoms with Crippen LogP contribution in [0, 0.1) is 11.7 Å². The summed E-state index contributed by atoms with van der Waals surface area (Å²) in [5.41, 5.74) is 1.25. The van der Waals surface area contributed by atoms with Crippen molar-refractivity contribution >= 4 is 0 Å². The normalized spacial score (nSPS) is 23.6. The maximum Gasteiger partial charge on any atom is 0.123 e. The molecule has 4 heteroatoms. The summed E-state index contributed by atoms with van der Waals surface area (Å²) in [6.45, 7) is 5.93. The molecular formula is C16H23FN2O. The third-order valence-corrected chi connectivity index (χ3v) is 4.47. The third-order valence-electron chi connectivity index (χ3n) is 4.47. The summed E-state index contributed by atoms with van der Waals surface area (Å²) in [5.74, 6) is 0.465. The molecule has 2 saturated heterocycles. The molecule has 0 unspecified atom stereocenters. The summed E-state index contributed by atoms with van der Waals surface area (Å²) in [6.07, 6.45) is 2.21. The second-order valence-corrected chi connectivity index (χ2v) is 5.73. The first-order chi connectivity index (χ1) is 9.84. The standard InChI is InChI=1S/C16H23FN2O/c17-15-3-1-13(2-4-15)16(14-5-11-20-12-6-14)19-9-7-18-8-10-19/h1-4,14,16,18H,5-12H2/t16-/m1/s1. The largest absolute Gasteiger partial charge is 0.381 e. The van der Waals surface area contributed by atoms with Gasteiger partial charge in [-0.3, -0.25) is 4.90 Å². The Kier molecular flexibility index (Phi) is 4.65. The Hall–Kier alpha value is -0.970. The van der Waals surface area contributed by atoms with Crippen molar-refractivity contribution in [1.82, 2.24) is 10.2 Å². The molecule has 20 heavy (non-hydrogen) atoms. The molecule has 2 aliphatic rings. The average Bonchev–Trinajstić information content (AvgIpc) is 2.52. The Labute approximate surface area is 120 Å². The van der Waals surface area contributed by atoms with Crippen LogP contribution in [0.3, 0.4) is 0 Å². The van der Waals surface area contributed by atoms with E-state index in [-0.39, 0.29) is 5.82 Å². The second kappa shape index (κ2) is 6.66. The molecule has 0 bridgehead atoms. The fourth-order valence-electron chi connectivity index (χ4n) is 3.43. The number of piperazine rings is 1. The Balaban J connectivity index is 1.83. The molecule has 110 valence electrons. The number of halogens is 1. The van der Waals surface area contributed by atoms with E-state index in [1.54, 1.807) is 12.1 Å². The van der Waals surface area contributed by atoms with Crippen molar-refractivity contribution in [2.45, 2.75) is 18.9 Å². The van der Waals surface area contributed by atoms with Crippen molar-refractivity contribution in [3.8, 4) is 0 Å². The van der Waals surface area contributed by atoms with Gasteiger partial charge in [0.2, 0.25) is 0 Å². The van der Waals surface area contributed by atoms with E-state index in [9.17, 15) is 4.39 Å². The third kappa shape index (κ3) is 3.19. The lowest BCUT2D eigenvalue weighted by Gasteiger charge is -2.41. The van der Waals surface area contributed by atoms with Crippen LogP contribution in [0.5, 0.6) is 0 Å². The molecule has 2 aliphatic heterocycles. The van der Waals surface area contributed by atoms with Crippen LogP contribution in [0.1, 0.15) is 24.4 Å². The lowest BCUT2D eigenvalue weighted by atomic mass is 9.85. The van der Waals surface area contributed by atoms with Crippen LogP contribution in [0.15, 0.2) is 24.3 Å². The number of hydrogen-bond acceptors (Lipinski definition) is 3. The van der Waals surface area contributed by atoms with Gasteiger partial charge >= 0.3 is 0 Å². The Morgan fingerprint density at radius 3 is 2.40 bits per heavy atom. The van der Waals surface area contributed by atoms with E-state index in [0.717, 1.165) is 52.2 Å². The van der Waals surface area contributed by atoms with E-state index in [1.807, 2.05) is 12.1 Å². The van der Waals surface area contributed by atoms with Crippen LogP contribution in [0.2, 0.25) is 0 Å². The van der Waals surface area contributed by atoms with Crippen molar-refractivity contribution < 1.29 is 9.13 Å². The molecule has 2 fully saturated rings. The van der Waals surface area contributed by atoms with Crippen molar-refractivity contribution in [3.63, 3.8) is 0 Å². The highest BCUT2D eigenvalue weighted by atomic mass is 19.1. The van der Waals surface area contributed by atoms with Gasteiger partial charge in [-0.25, -0.2) is 4.39 Å². The monoisotopic (exact) mass is 278 g/mol. The molecular weight excluding hydrogens is 255 g/mol. The highest BCUT2D eigenvalue weighted by Gasteiger charge is 2.31. The molecule has 0 aliphatic carbocycles. The quantitative estimate of drug-likeness (QED) is 0.917. The minimum Gasteiger partial charge on any atom is -0.381 e. The molecule has 1 aromatic rings. The predicted octanol–water partition coefficient (Wildman–Crippen LogP) is 2.20. The number of nitrogens with zero attached hydrogens (tertiary/aromatic N) is 1. The Bertz CT molecular complexity index is 393. The molecule has 1 aromatic carbocycles. The van der Waals surface area contributed by atoms with Gasteiger partial charge in [-0.2, -0.15) is 0 Å². The van der Waals surface area contributed by atoms with Gasteiger partial charge in [-0.05, 0) is 36.5 Å². The molecule has 0 saturated carbocycles. The number of hydrogen-bond donors (Lipinski definition) is 1. The van der Waals surface area contributed by atoms with Gasteiger partial charge in [-0.15, -0.1) is 0 Å². The predicted molar refractivity (Wildman–Crippen MR) is 77.1 cm³/mol. The second-order valence-electron chi connectivity index (χ2n) is 5.73. The molecule has 2 heterocycles. The molecule has 0 aromatic heterocycles. The zero-order valence-corrected chi connectivity index (χ0v) is 11.9. The summed E-state index contributed by atoms with van der Waals surface area (Å²) >= 11 is 0. The minimum atomic E-state index is -0.153. The van der Waals surface area contributed by atoms with Crippen molar-refractivity contribution in [1.29, 1.82) is 0 Å². The van der Waals surface area contributed by atoms with Gasteiger partial charge in [0, 0.05) is 45.4 Å². The van der Waals surface area contributed by atoms with Crippen LogP contribution >= 0.6 is 0 Å². The first-order valence-electron chi connectivity index (χ1n) is 7.62. The van der Waals surface area contributed by atoms with Crippen LogP contribution in [0.25, 0.3) is 0 Å². The summed E-state index contributed by atoms with van der Waals surface area (Å²) in [6, 6.07) is 7.49. The van der Waals surface area contributed by atoms with E-state index in [0.29, 0.717) is 12.0 Å². The summed E-state index contributed by atoms with van der Waals surface area (Å²) in [7, 11) is 0. The molecule has 1 N–H and O–H groups in total. The molecule has 0 spiro atoms. The lowest BCUT2D eigenvalue weighted by Crippen LogP contribution is -2.47. The summed E-state index contributed by atoms with van der Waals surface area (Å²) in [5, 5.41) is 3.41. The maximum atomic E-state index is 13.2. The fourth-order valence-corrected chi connectivity index (χ4v) is 3.43. The SMILES string of the molecule is Fc1ccc([C@H](C2CCOCC2)N2CCNCC2)cc1. The topological polar surface area (TPSA) is 24.5 Å². The van der Waals surface area contributed by atoms with Crippen LogP contribution < -0.4 is 5.32 Å². The van der Waals surface area contributed by atoms with Crippen molar-refractivity contribution in [3.05, 3.63) is 35.6 Å². The van der Waals surface area contributed by atoms with Gasteiger partial charge < -0.3 is 10.1 Å². The zero-order chi connectivity index (χ0) is 13.8. The lowest BCUT2D eigenvalue weighted by molar-refractivity contribution is 0.0213. The van der Waals surface area contributed by atoms with Crippen LogP contribution in [-0.2, 0) is 4.74 Å². The van der Waals surface area contributed by atoms with E-state index >= 15 is 0 Å². The van der Waals surface area contributed by atoms with E-state index in [2.05, 4.69) is 10.2 Å². The Morgan fingerprint density at radius 2 is 1.75 bits per heavy atom. The average molecular weight is 278 g/mol. The van der Waals surface area contributed by atoms with Crippen molar-refractivity contribution in [2.24, 2.45) is 5.92 Å². The number of nitrogens with one attached hydrogen (secondary N) is 1. The fraction of sp³-hybridized carbons (Fsp3) is 0.625. The maximum absolute atomic E-state index is 13.2. The molecule has 3 nitrogen and oxygen atoms in total. The molecule has 3 rings (SSSR count). The van der Waals surface area contributed by atoms with Gasteiger partial charge in [-0.1, -0.05) is 12.1 Å². The van der Waals surface area contributed by atoms with E-state index < -0.39 is 0 Å². The van der Waals surface area contributed by atoms with Gasteiger partial charge in [0.25, 0.3) is 0 Å². The highest BCUT2D eigenvalue weighted by Crippen LogP contribution is 2.35. The number of benzene rings is 1. The van der Waals surface area contributed by atoms with Gasteiger partial charge in [0.15, 0.2) is 0 Å². The number of ether oxygens (including phenoxy) is 1. The Morgan fingerprint density at radius 1 is 1.10 bits per heavy atom. The minimum absolute atomic E-state index is 0.153. The van der Waals surface area contributed by atoms with Crippen molar-refractivity contribution in [2.75, 3.05) is 39.4 Å². The van der Waals surface area contributed by atoms with Crippen LogP contribution in [-0.4, -0.2) is 44.3 Å². The first-order valence-corrected chi connectivity index (χ1v) is 7.62. The first kappa shape index (κ1) is 14.0. The van der Waals surface area contributed by atoms with E-state index in [4.69, 9.17) is 4.74 Å². The van der Waals surface area contributed by atoms with Crippen LogP contribution in [0.4, 0.5) is 4.39 Å².